The molecule has 0 amide bonds. The fourth-order valence-electron chi connectivity index (χ4n) is 2.81. The number of hydrogen-bond donors (Lipinski definition) is 1. The summed E-state index contributed by atoms with van der Waals surface area (Å²) in [6, 6.07) is 10.0. The molecule has 0 radical (unpaired) electrons. The van der Waals surface area contributed by atoms with Crippen LogP contribution < -0.4 is 11.0 Å². The van der Waals surface area contributed by atoms with E-state index in [4.69, 9.17) is 0 Å². The van der Waals surface area contributed by atoms with Gasteiger partial charge in [0.15, 0.2) is 11.6 Å². The van der Waals surface area contributed by atoms with Crippen LogP contribution in [0.2, 0.25) is 0 Å². The second kappa shape index (κ2) is 4.18. The number of aromatic nitrogens is 4. The molecule has 1 atom stereocenters. The Bertz CT molecular complexity index is 849. The van der Waals surface area contributed by atoms with Crippen LogP contribution in [0.3, 0.4) is 0 Å². The van der Waals surface area contributed by atoms with Gasteiger partial charge in [-0.25, -0.2) is 14.8 Å². The Labute approximate surface area is 121 Å². The van der Waals surface area contributed by atoms with E-state index in [1.807, 2.05) is 37.3 Å². The highest BCUT2D eigenvalue weighted by atomic mass is 16.1. The molecular weight excluding hydrogens is 266 g/mol. The highest BCUT2D eigenvalue weighted by Crippen LogP contribution is 2.32. The summed E-state index contributed by atoms with van der Waals surface area (Å²) in [5, 5.41) is 3.32. The van der Waals surface area contributed by atoms with E-state index in [1.165, 1.54) is 0 Å². The maximum absolute atomic E-state index is 12.4. The van der Waals surface area contributed by atoms with Crippen LogP contribution in [-0.2, 0) is 13.6 Å². The van der Waals surface area contributed by atoms with Crippen molar-refractivity contribution in [2.75, 3.05) is 5.32 Å². The van der Waals surface area contributed by atoms with Crippen LogP contribution in [0.4, 0.5) is 5.82 Å². The molecule has 3 heterocycles. The average molecular weight is 281 g/mol. The third kappa shape index (κ3) is 1.68. The molecule has 0 spiro atoms. The van der Waals surface area contributed by atoms with E-state index in [9.17, 15) is 4.79 Å². The number of nitrogens with zero attached hydrogens (tertiary/aromatic N) is 4. The smallest absolute Gasteiger partial charge is 0.331 e. The van der Waals surface area contributed by atoms with Gasteiger partial charge in [-0.05, 0) is 6.92 Å². The van der Waals surface area contributed by atoms with Gasteiger partial charge >= 0.3 is 5.69 Å². The van der Waals surface area contributed by atoms with Gasteiger partial charge in [0, 0.05) is 25.2 Å². The third-order valence-corrected chi connectivity index (χ3v) is 3.84. The summed E-state index contributed by atoms with van der Waals surface area (Å²) in [5.41, 5.74) is 1.64. The van der Waals surface area contributed by atoms with Crippen LogP contribution in [0.1, 0.15) is 6.92 Å². The predicted molar refractivity (Wildman–Crippen MR) is 80.4 cm³/mol. The van der Waals surface area contributed by atoms with E-state index in [-0.39, 0.29) is 11.7 Å². The second-order valence-electron chi connectivity index (χ2n) is 5.43. The molecule has 0 aliphatic carbocycles. The summed E-state index contributed by atoms with van der Waals surface area (Å²) >= 11 is 0. The predicted octanol–water partition coefficient (Wildman–Crippen LogP) is 1.56. The summed E-state index contributed by atoms with van der Waals surface area (Å²) in [4.78, 5) is 21.6. The van der Waals surface area contributed by atoms with E-state index in [2.05, 4.69) is 15.3 Å². The molecule has 21 heavy (non-hydrogen) atoms. The minimum Gasteiger partial charge on any atom is -0.365 e. The molecule has 0 bridgehead atoms. The number of imidazole rings is 1. The highest BCUT2D eigenvalue weighted by molar-refractivity contribution is 5.73. The van der Waals surface area contributed by atoms with Gasteiger partial charge in [-0.1, -0.05) is 30.3 Å². The minimum absolute atomic E-state index is 0.0612. The summed E-state index contributed by atoms with van der Waals surface area (Å²) in [6.45, 7) is 2.71. The van der Waals surface area contributed by atoms with Crippen molar-refractivity contribution >= 4 is 5.82 Å². The van der Waals surface area contributed by atoms with Crippen LogP contribution in [0, 0.1) is 0 Å². The molecule has 0 unspecified atom stereocenters. The summed E-state index contributed by atoms with van der Waals surface area (Å²) in [6.07, 6.45) is 0. The van der Waals surface area contributed by atoms with Gasteiger partial charge in [0.05, 0.1) is 0 Å². The number of anilines is 1. The van der Waals surface area contributed by atoms with Crippen molar-refractivity contribution < 1.29 is 0 Å². The minimum atomic E-state index is -0.0612. The first-order chi connectivity index (χ1) is 10.1. The lowest BCUT2D eigenvalue weighted by Crippen LogP contribution is -2.30. The lowest BCUT2D eigenvalue weighted by molar-refractivity contribution is 0.626. The van der Waals surface area contributed by atoms with Crippen LogP contribution >= 0.6 is 0 Å². The topological polar surface area (TPSA) is 64.7 Å². The van der Waals surface area contributed by atoms with Crippen molar-refractivity contribution in [2.45, 2.75) is 19.5 Å². The molecular formula is C15H15N5O. The SMILES string of the molecule is C[C@@H]1Cn2c(c3nc(-c4ccccc4)nc-3n(C)c2=O)N1. The Kier molecular flexibility index (Phi) is 2.42. The van der Waals surface area contributed by atoms with Gasteiger partial charge in [-0.3, -0.25) is 9.13 Å². The van der Waals surface area contributed by atoms with E-state index in [0.29, 0.717) is 18.2 Å². The van der Waals surface area contributed by atoms with Crippen LogP contribution in [-0.4, -0.2) is 25.1 Å². The monoisotopic (exact) mass is 281 g/mol. The number of hydrogen-bond acceptors (Lipinski definition) is 4. The van der Waals surface area contributed by atoms with Crippen molar-refractivity contribution in [3.63, 3.8) is 0 Å². The van der Waals surface area contributed by atoms with Gasteiger partial charge in [0.2, 0.25) is 0 Å². The molecule has 0 fully saturated rings. The zero-order chi connectivity index (χ0) is 14.6. The normalized spacial score (nSPS) is 17.0. The maximum atomic E-state index is 12.4. The first-order valence-corrected chi connectivity index (χ1v) is 6.94. The van der Waals surface area contributed by atoms with Crippen molar-refractivity contribution in [1.82, 2.24) is 19.1 Å². The maximum Gasteiger partial charge on any atom is 0.331 e. The van der Waals surface area contributed by atoms with Gasteiger partial charge in [-0.2, -0.15) is 0 Å². The fourth-order valence-corrected chi connectivity index (χ4v) is 2.81. The fraction of sp³-hybridized carbons (Fsp3) is 0.267. The first-order valence-electron chi connectivity index (χ1n) is 6.94. The van der Waals surface area contributed by atoms with Crippen molar-refractivity contribution in [3.8, 4) is 22.9 Å². The molecule has 1 aromatic carbocycles. The highest BCUT2D eigenvalue weighted by Gasteiger charge is 2.29. The number of rotatable bonds is 1. The van der Waals surface area contributed by atoms with Crippen LogP contribution in [0.5, 0.6) is 0 Å². The van der Waals surface area contributed by atoms with Crippen LogP contribution in [0.25, 0.3) is 22.9 Å². The zero-order valence-electron chi connectivity index (χ0n) is 11.9. The Hall–Kier alpha value is -2.63. The molecule has 0 saturated heterocycles. The molecule has 106 valence electrons. The van der Waals surface area contributed by atoms with Crippen molar-refractivity contribution in [2.24, 2.45) is 7.05 Å². The van der Waals surface area contributed by atoms with Crippen molar-refractivity contribution in [3.05, 3.63) is 40.8 Å². The Balaban J connectivity index is 2.01. The second-order valence-corrected chi connectivity index (χ2v) is 5.43. The largest absolute Gasteiger partial charge is 0.365 e. The standard InChI is InChI=1S/C15H15N5O/c1-9-8-20-14(16-9)11-13(19(2)15(20)21)18-12(17-11)10-6-4-3-5-7-10/h3-7,9,16H,8H2,1-2H3/t9-/m1/s1. The molecule has 0 aromatic heterocycles. The van der Waals surface area contributed by atoms with Gasteiger partial charge in [0.25, 0.3) is 0 Å². The summed E-state index contributed by atoms with van der Waals surface area (Å²) in [7, 11) is 1.74. The quantitative estimate of drug-likeness (QED) is 0.735. The zero-order valence-corrected chi connectivity index (χ0v) is 11.9. The van der Waals surface area contributed by atoms with E-state index < -0.39 is 0 Å². The van der Waals surface area contributed by atoms with Crippen molar-refractivity contribution in [1.29, 1.82) is 0 Å². The molecule has 1 aromatic rings. The van der Waals surface area contributed by atoms with E-state index >= 15 is 0 Å². The summed E-state index contributed by atoms with van der Waals surface area (Å²) in [5.74, 6) is 2.04. The van der Waals surface area contributed by atoms with Gasteiger partial charge in [-0.15, -0.1) is 0 Å². The Morgan fingerprint density at radius 3 is 2.76 bits per heavy atom. The molecule has 0 saturated carbocycles. The Morgan fingerprint density at radius 2 is 2.00 bits per heavy atom. The molecule has 3 aliphatic heterocycles. The third-order valence-electron chi connectivity index (χ3n) is 3.84. The van der Waals surface area contributed by atoms with E-state index in [0.717, 1.165) is 17.1 Å². The molecule has 3 aliphatic rings. The Morgan fingerprint density at radius 1 is 1.24 bits per heavy atom. The average Bonchev–Trinajstić information content (AvgIpc) is 3.09. The number of benzene rings is 1. The summed E-state index contributed by atoms with van der Waals surface area (Å²) < 4.78 is 3.30. The molecule has 6 nitrogen and oxygen atoms in total. The van der Waals surface area contributed by atoms with Crippen LogP contribution in [0.15, 0.2) is 35.1 Å². The lowest BCUT2D eigenvalue weighted by atomic mass is 10.2. The van der Waals surface area contributed by atoms with Gasteiger partial charge < -0.3 is 5.32 Å². The number of fused-ring (bicyclic) bond motifs is 3. The molecule has 4 rings (SSSR count). The molecule has 6 heteroatoms. The van der Waals surface area contributed by atoms with E-state index in [1.54, 1.807) is 16.2 Å². The molecule has 1 N–H and O–H groups in total. The first kappa shape index (κ1) is 12.1. The lowest BCUT2D eigenvalue weighted by Gasteiger charge is -2.10. The van der Waals surface area contributed by atoms with Gasteiger partial charge in [0.1, 0.15) is 11.5 Å². The number of nitrogens with one attached hydrogen (secondary N) is 1.